The Kier molecular flexibility index (Phi) is 3.78. The van der Waals surface area contributed by atoms with Crippen LogP contribution in [0, 0.1) is 0 Å². The molecule has 1 aliphatic heterocycles. The topological polar surface area (TPSA) is 12.5 Å². The fourth-order valence-electron chi connectivity index (χ4n) is 2.73. The molecule has 3 rings (SSSR count). The van der Waals surface area contributed by atoms with Gasteiger partial charge in [0.15, 0.2) is 0 Å². The lowest BCUT2D eigenvalue weighted by Crippen LogP contribution is -2.21. The first-order valence-corrected chi connectivity index (χ1v) is 7.10. The molecule has 21 heavy (non-hydrogen) atoms. The predicted molar refractivity (Wildman–Crippen MR) is 87.4 cm³/mol. The van der Waals surface area contributed by atoms with Crippen LogP contribution in [0.4, 0.5) is 0 Å². The highest BCUT2D eigenvalue weighted by Gasteiger charge is 2.21. The van der Waals surface area contributed by atoms with E-state index in [0.29, 0.717) is 0 Å². The van der Waals surface area contributed by atoms with Crippen molar-refractivity contribution in [1.82, 2.24) is 4.90 Å². The molecule has 0 radical (unpaired) electrons. The van der Waals surface area contributed by atoms with Crippen molar-refractivity contribution >= 4 is 11.1 Å². The maximum absolute atomic E-state index is 5.76. The van der Waals surface area contributed by atoms with E-state index in [2.05, 4.69) is 66.7 Å². The Balaban J connectivity index is 2.13. The molecule has 106 valence electrons. The van der Waals surface area contributed by atoms with Crippen LogP contribution in [0.2, 0.25) is 0 Å². The minimum absolute atomic E-state index is 0.851. The summed E-state index contributed by atoms with van der Waals surface area (Å²) in [6.45, 7) is 0.851. The summed E-state index contributed by atoms with van der Waals surface area (Å²) in [7, 11) is 3.85. The van der Waals surface area contributed by atoms with E-state index in [-0.39, 0.29) is 0 Å². The van der Waals surface area contributed by atoms with Crippen LogP contribution in [-0.2, 0) is 4.74 Å². The zero-order valence-corrected chi connectivity index (χ0v) is 12.4. The smallest absolute Gasteiger partial charge is 0.133 e. The highest BCUT2D eigenvalue weighted by molar-refractivity contribution is 5.89. The van der Waals surface area contributed by atoms with Crippen molar-refractivity contribution in [1.29, 1.82) is 0 Å². The van der Waals surface area contributed by atoms with Gasteiger partial charge in [-0.25, -0.2) is 0 Å². The number of likely N-dealkylation sites (N-methyl/N-ethyl adjacent to an activating group) is 1. The summed E-state index contributed by atoms with van der Waals surface area (Å²) in [5, 5.41) is 0. The summed E-state index contributed by atoms with van der Waals surface area (Å²) in [6, 6.07) is 20.8. The number of rotatable bonds is 3. The Morgan fingerprint density at radius 1 is 0.857 bits per heavy atom. The molecule has 2 nitrogen and oxygen atoms in total. The van der Waals surface area contributed by atoms with Crippen LogP contribution in [0.5, 0.6) is 0 Å². The van der Waals surface area contributed by atoms with Crippen LogP contribution < -0.4 is 0 Å². The van der Waals surface area contributed by atoms with Gasteiger partial charge in [0.2, 0.25) is 0 Å². The van der Waals surface area contributed by atoms with Gasteiger partial charge in [0.1, 0.15) is 5.76 Å². The third-order valence-corrected chi connectivity index (χ3v) is 3.69. The number of hydrogen-bond acceptors (Lipinski definition) is 2. The summed E-state index contributed by atoms with van der Waals surface area (Å²) in [6.07, 6.45) is 2.15. The molecule has 2 aromatic carbocycles. The third-order valence-electron chi connectivity index (χ3n) is 3.69. The van der Waals surface area contributed by atoms with Crippen molar-refractivity contribution in [3.63, 3.8) is 0 Å². The maximum Gasteiger partial charge on any atom is 0.133 e. The molecule has 2 aromatic rings. The largest absolute Gasteiger partial charge is 0.496 e. The summed E-state index contributed by atoms with van der Waals surface area (Å²) in [4.78, 5) is 2.20. The number of ether oxygens (including phenoxy) is 1. The molecule has 0 aliphatic carbocycles. The van der Waals surface area contributed by atoms with Crippen molar-refractivity contribution in [3.8, 4) is 0 Å². The first kappa shape index (κ1) is 13.5. The second-order valence-electron chi connectivity index (χ2n) is 5.20. The average molecular weight is 277 g/mol. The average Bonchev–Trinajstić information content (AvgIpc) is 2.55. The van der Waals surface area contributed by atoms with E-state index < -0.39 is 0 Å². The number of allylic oxidation sites excluding steroid dienone is 1. The molecule has 0 fully saturated rings. The fraction of sp³-hybridized carbons (Fsp3) is 0.158. The SMILES string of the molecule is COC1=C(c2ccccc2)CN(C)C=C1c1ccccc1. The molecule has 1 heterocycles. The summed E-state index contributed by atoms with van der Waals surface area (Å²) in [5.41, 5.74) is 4.74. The first-order chi connectivity index (χ1) is 10.3. The fourth-order valence-corrected chi connectivity index (χ4v) is 2.73. The Morgan fingerprint density at radius 2 is 1.43 bits per heavy atom. The predicted octanol–water partition coefficient (Wildman–Crippen LogP) is 4.03. The molecule has 0 amide bonds. The lowest BCUT2D eigenvalue weighted by molar-refractivity contribution is 0.306. The van der Waals surface area contributed by atoms with E-state index in [4.69, 9.17) is 4.74 Å². The van der Waals surface area contributed by atoms with Gasteiger partial charge in [-0.05, 0) is 11.1 Å². The summed E-state index contributed by atoms with van der Waals surface area (Å²) >= 11 is 0. The van der Waals surface area contributed by atoms with E-state index in [9.17, 15) is 0 Å². The second kappa shape index (κ2) is 5.88. The molecule has 0 atom stereocenters. The summed E-state index contributed by atoms with van der Waals surface area (Å²) in [5.74, 6) is 0.963. The van der Waals surface area contributed by atoms with Crippen molar-refractivity contribution in [2.24, 2.45) is 0 Å². The molecule has 0 unspecified atom stereocenters. The van der Waals surface area contributed by atoms with E-state index in [1.54, 1.807) is 7.11 Å². The Hall–Kier alpha value is -2.48. The van der Waals surface area contributed by atoms with Gasteiger partial charge < -0.3 is 9.64 Å². The monoisotopic (exact) mass is 277 g/mol. The van der Waals surface area contributed by atoms with E-state index in [1.807, 2.05) is 12.1 Å². The van der Waals surface area contributed by atoms with Gasteiger partial charge in [0, 0.05) is 30.9 Å². The number of hydrogen-bond donors (Lipinski definition) is 0. The van der Waals surface area contributed by atoms with Gasteiger partial charge in [-0.15, -0.1) is 0 Å². The Labute approximate surface area is 126 Å². The van der Waals surface area contributed by atoms with Crippen LogP contribution >= 0.6 is 0 Å². The molecule has 2 heteroatoms. The van der Waals surface area contributed by atoms with Crippen molar-refractivity contribution in [2.75, 3.05) is 20.7 Å². The molecule has 0 bridgehead atoms. The zero-order chi connectivity index (χ0) is 14.7. The molecular formula is C19H19NO. The molecule has 1 aliphatic rings. The highest BCUT2D eigenvalue weighted by Crippen LogP contribution is 2.34. The first-order valence-electron chi connectivity index (χ1n) is 7.10. The van der Waals surface area contributed by atoms with Crippen LogP contribution in [0.25, 0.3) is 11.1 Å². The van der Waals surface area contributed by atoms with Crippen molar-refractivity contribution in [3.05, 3.63) is 83.7 Å². The Bertz CT molecular complexity index is 671. The minimum Gasteiger partial charge on any atom is -0.496 e. The summed E-state index contributed by atoms with van der Waals surface area (Å²) < 4.78 is 5.76. The lowest BCUT2D eigenvalue weighted by Gasteiger charge is -2.28. The van der Waals surface area contributed by atoms with Crippen molar-refractivity contribution < 1.29 is 4.74 Å². The van der Waals surface area contributed by atoms with Crippen LogP contribution in [-0.4, -0.2) is 25.6 Å². The van der Waals surface area contributed by atoms with Crippen molar-refractivity contribution in [2.45, 2.75) is 0 Å². The second-order valence-corrected chi connectivity index (χ2v) is 5.20. The minimum atomic E-state index is 0.851. The Morgan fingerprint density at radius 3 is 2.00 bits per heavy atom. The normalized spacial score (nSPS) is 15.0. The van der Waals surface area contributed by atoms with Gasteiger partial charge in [-0.3, -0.25) is 0 Å². The van der Waals surface area contributed by atoms with Gasteiger partial charge in [-0.2, -0.15) is 0 Å². The molecular weight excluding hydrogens is 258 g/mol. The van der Waals surface area contributed by atoms with Crippen LogP contribution in [0.1, 0.15) is 11.1 Å². The molecule has 0 aromatic heterocycles. The third kappa shape index (κ3) is 2.70. The van der Waals surface area contributed by atoms with Gasteiger partial charge >= 0.3 is 0 Å². The van der Waals surface area contributed by atoms with Gasteiger partial charge in [-0.1, -0.05) is 60.7 Å². The van der Waals surface area contributed by atoms with Gasteiger partial charge in [0.05, 0.1) is 7.11 Å². The van der Waals surface area contributed by atoms with E-state index in [0.717, 1.165) is 17.9 Å². The molecule has 0 saturated carbocycles. The number of nitrogens with zero attached hydrogens (tertiary/aromatic N) is 1. The lowest BCUT2D eigenvalue weighted by atomic mass is 9.94. The van der Waals surface area contributed by atoms with Gasteiger partial charge in [0.25, 0.3) is 0 Å². The van der Waals surface area contributed by atoms with E-state index in [1.165, 1.54) is 16.7 Å². The quantitative estimate of drug-likeness (QED) is 0.840. The molecule has 0 N–H and O–H groups in total. The number of methoxy groups -OCH3 is 1. The molecule has 0 spiro atoms. The maximum atomic E-state index is 5.76. The molecule has 0 saturated heterocycles. The zero-order valence-electron chi connectivity index (χ0n) is 12.4. The van der Waals surface area contributed by atoms with Crippen LogP contribution in [0.3, 0.4) is 0 Å². The highest BCUT2D eigenvalue weighted by atomic mass is 16.5. The standard InChI is InChI=1S/C19H19NO/c1-20-13-17(15-9-5-3-6-10-15)19(21-2)18(14-20)16-11-7-4-8-12-16/h3-13H,14H2,1-2H3. The number of benzene rings is 2. The van der Waals surface area contributed by atoms with Crippen LogP contribution in [0.15, 0.2) is 72.6 Å². The van der Waals surface area contributed by atoms with E-state index >= 15 is 0 Å².